The van der Waals surface area contributed by atoms with Gasteiger partial charge in [-0.3, -0.25) is 9.59 Å². The summed E-state index contributed by atoms with van der Waals surface area (Å²) in [5.41, 5.74) is 7.80. The highest BCUT2D eigenvalue weighted by atomic mass is 16.4. The van der Waals surface area contributed by atoms with Crippen molar-refractivity contribution >= 4 is 17.8 Å². The van der Waals surface area contributed by atoms with Gasteiger partial charge in [0.15, 0.2) is 0 Å². The second-order valence-electron chi connectivity index (χ2n) is 7.62. The lowest BCUT2D eigenvalue weighted by Gasteiger charge is -2.24. The maximum Gasteiger partial charge on any atom is 0.326 e. The Labute approximate surface area is 176 Å². The Bertz CT molecular complexity index is 840. The van der Waals surface area contributed by atoms with Crippen molar-refractivity contribution in [1.82, 2.24) is 10.6 Å². The third-order valence-electron chi connectivity index (χ3n) is 4.78. The molecule has 30 heavy (non-hydrogen) atoms. The van der Waals surface area contributed by atoms with E-state index in [4.69, 9.17) is 5.73 Å². The van der Waals surface area contributed by atoms with Crippen molar-refractivity contribution in [2.24, 2.45) is 11.7 Å². The summed E-state index contributed by atoms with van der Waals surface area (Å²) >= 11 is 0. The molecule has 0 aliphatic carbocycles. The van der Waals surface area contributed by atoms with E-state index in [1.54, 1.807) is 13.8 Å². The number of nitrogens with two attached hydrogens (primary N) is 1. The average molecular weight is 412 g/mol. The van der Waals surface area contributed by atoms with Gasteiger partial charge in [0.2, 0.25) is 11.8 Å². The SMILES string of the molecule is CC(C)[C@H](NC(=O)[C@H](Cc1ccccc1)NC(=O)[C@H](N)Cc1ccccc1)C(=O)O. The summed E-state index contributed by atoms with van der Waals surface area (Å²) in [6.07, 6.45) is 0.553. The van der Waals surface area contributed by atoms with Gasteiger partial charge >= 0.3 is 5.97 Å². The molecular weight excluding hydrogens is 382 g/mol. The summed E-state index contributed by atoms with van der Waals surface area (Å²) in [4.78, 5) is 37.0. The molecule has 7 nitrogen and oxygen atoms in total. The van der Waals surface area contributed by atoms with E-state index in [0.29, 0.717) is 6.42 Å². The van der Waals surface area contributed by atoms with E-state index in [2.05, 4.69) is 10.6 Å². The van der Waals surface area contributed by atoms with E-state index in [-0.39, 0.29) is 12.3 Å². The van der Waals surface area contributed by atoms with E-state index in [1.807, 2.05) is 60.7 Å². The van der Waals surface area contributed by atoms with E-state index in [0.717, 1.165) is 11.1 Å². The molecule has 3 atom stereocenters. The third-order valence-corrected chi connectivity index (χ3v) is 4.78. The first-order valence-electron chi connectivity index (χ1n) is 9.95. The lowest BCUT2D eigenvalue weighted by atomic mass is 10.0. The number of carbonyl (C=O) groups excluding carboxylic acids is 2. The highest BCUT2D eigenvalue weighted by molar-refractivity contribution is 5.92. The number of benzene rings is 2. The molecule has 2 rings (SSSR count). The number of hydrogen-bond acceptors (Lipinski definition) is 4. The van der Waals surface area contributed by atoms with Crippen molar-refractivity contribution in [3.63, 3.8) is 0 Å². The van der Waals surface area contributed by atoms with Crippen LogP contribution >= 0.6 is 0 Å². The molecule has 160 valence electrons. The van der Waals surface area contributed by atoms with Crippen LogP contribution in [0.5, 0.6) is 0 Å². The van der Waals surface area contributed by atoms with Crippen molar-refractivity contribution in [1.29, 1.82) is 0 Å². The fraction of sp³-hybridized carbons (Fsp3) is 0.348. The standard InChI is InChI=1S/C23H29N3O4/c1-15(2)20(23(29)30)26-22(28)19(14-17-11-7-4-8-12-17)25-21(27)18(24)13-16-9-5-3-6-10-16/h3-12,15,18-20H,13-14,24H2,1-2H3,(H,25,27)(H,26,28)(H,29,30)/t18-,19+,20+/m1/s1. The maximum absolute atomic E-state index is 12.9. The number of carboxylic acid groups (broad SMARTS) is 1. The molecule has 0 aliphatic heterocycles. The van der Waals surface area contributed by atoms with Gasteiger partial charge in [-0.2, -0.15) is 0 Å². The van der Waals surface area contributed by atoms with Gasteiger partial charge in [0.1, 0.15) is 12.1 Å². The van der Waals surface area contributed by atoms with Crippen LogP contribution in [-0.4, -0.2) is 41.0 Å². The zero-order valence-electron chi connectivity index (χ0n) is 17.2. The smallest absolute Gasteiger partial charge is 0.326 e. The minimum Gasteiger partial charge on any atom is -0.480 e. The largest absolute Gasteiger partial charge is 0.480 e. The summed E-state index contributed by atoms with van der Waals surface area (Å²) in [7, 11) is 0. The first-order valence-corrected chi connectivity index (χ1v) is 9.95. The van der Waals surface area contributed by atoms with Crippen LogP contribution in [0.25, 0.3) is 0 Å². The molecule has 0 aliphatic rings. The zero-order valence-corrected chi connectivity index (χ0v) is 17.2. The molecule has 2 amide bonds. The summed E-state index contributed by atoms with van der Waals surface area (Å²) in [6, 6.07) is 15.7. The number of aliphatic carboxylic acids is 1. The fourth-order valence-corrected chi connectivity index (χ4v) is 3.07. The van der Waals surface area contributed by atoms with E-state index >= 15 is 0 Å². The van der Waals surface area contributed by atoms with Gasteiger partial charge in [0.05, 0.1) is 6.04 Å². The molecule has 0 saturated carbocycles. The number of amides is 2. The third kappa shape index (κ3) is 7.00. The molecule has 0 saturated heterocycles. The monoisotopic (exact) mass is 411 g/mol. The lowest BCUT2D eigenvalue weighted by Crippen LogP contribution is -2.56. The van der Waals surface area contributed by atoms with Gasteiger partial charge in [-0.15, -0.1) is 0 Å². The molecular formula is C23H29N3O4. The van der Waals surface area contributed by atoms with Gasteiger partial charge in [0.25, 0.3) is 0 Å². The number of nitrogens with one attached hydrogen (secondary N) is 2. The highest BCUT2D eigenvalue weighted by Gasteiger charge is 2.29. The number of rotatable bonds is 10. The Kier molecular flexibility index (Phi) is 8.55. The van der Waals surface area contributed by atoms with Gasteiger partial charge in [-0.25, -0.2) is 4.79 Å². The number of carbonyl (C=O) groups is 3. The van der Waals surface area contributed by atoms with Crippen LogP contribution in [0.1, 0.15) is 25.0 Å². The number of carboxylic acids is 1. The van der Waals surface area contributed by atoms with Gasteiger partial charge in [-0.1, -0.05) is 74.5 Å². The quantitative estimate of drug-likeness (QED) is 0.472. The molecule has 2 aromatic rings. The molecule has 0 radical (unpaired) electrons. The molecule has 2 aromatic carbocycles. The van der Waals surface area contributed by atoms with Gasteiger partial charge in [-0.05, 0) is 23.5 Å². The van der Waals surface area contributed by atoms with Gasteiger partial charge in [0, 0.05) is 6.42 Å². The van der Waals surface area contributed by atoms with Crippen LogP contribution in [0.4, 0.5) is 0 Å². The predicted octanol–water partition coefficient (Wildman–Crippen LogP) is 1.51. The van der Waals surface area contributed by atoms with Crippen LogP contribution in [0.15, 0.2) is 60.7 Å². The minimum absolute atomic E-state index is 0.223. The Hall–Kier alpha value is -3.19. The first kappa shape index (κ1) is 23.1. The Balaban J connectivity index is 2.13. The maximum atomic E-state index is 12.9. The van der Waals surface area contributed by atoms with Crippen LogP contribution < -0.4 is 16.4 Å². The fourth-order valence-electron chi connectivity index (χ4n) is 3.07. The molecule has 0 bridgehead atoms. The van der Waals surface area contributed by atoms with E-state index < -0.39 is 35.9 Å². The van der Waals surface area contributed by atoms with Crippen molar-refractivity contribution in [3.8, 4) is 0 Å². The van der Waals surface area contributed by atoms with Crippen LogP contribution in [0.2, 0.25) is 0 Å². The highest BCUT2D eigenvalue weighted by Crippen LogP contribution is 2.08. The van der Waals surface area contributed by atoms with Crippen molar-refractivity contribution < 1.29 is 19.5 Å². The molecule has 0 heterocycles. The van der Waals surface area contributed by atoms with E-state index in [9.17, 15) is 19.5 Å². The van der Waals surface area contributed by atoms with Crippen LogP contribution in [-0.2, 0) is 27.2 Å². The first-order chi connectivity index (χ1) is 14.3. The molecule has 5 N–H and O–H groups in total. The van der Waals surface area contributed by atoms with Crippen molar-refractivity contribution in [3.05, 3.63) is 71.8 Å². The van der Waals surface area contributed by atoms with Gasteiger partial charge < -0.3 is 21.5 Å². The summed E-state index contributed by atoms with van der Waals surface area (Å²) in [6.45, 7) is 3.42. The molecule has 0 spiro atoms. The summed E-state index contributed by atoms with van der Waals surface area (Å²) in [5, 5.41) is 14.6. The molecule has 7 heteroatoms. The molecule has 0 fully saturated rings. The number of hydrogen-bond donors (Lipinski definition) is 4. The summed E-state index contributed by atoms with van der Waals surface area (Å²) < 4.78 is 0. The Morgan fingerprint density at radius 1 is 0.833 bits per heavy atom. The molecule has 0 unspecified atom stereocenters. The lowest BCUT2D eigenvalue weighted by molar-refractivity contribution is -0.143. The average Bonchev–Trinajstić information content (AvgIpc) is 2.72. The zero-order chi connectivity index (χ0) is 22.1. The topological polar surface area (TPSA) is 122 Å². The van der Waals surface area contributed by atoms with Crippen LogP contribution in [0, 0.1) is 5.92 Å². The normalized spacial score (nSPS) is 13.9. The Morgan fingerprint density at radius 2 is 1.33 bits per heavy atom. The summed E-state index contributed by atoms with van der Waals surface area (Å²) in [5.74, 6) is -2.45. The Morgan fingerprint density at radius 3 is 1.80 bits per heavy atom. The minimum atomic E-state index is -1.12. The predicted molar refractivity (Wildman–Crippen MR) is 115 cm³/mol. The van der Waals surface area contributed by atoms with E-state index in [1.165, 1.54) is 0 Å². The van der Waals surface area contributed by atoms with Crippen LogP contribution in [0.3, 0.4) is 0 Å². The molecule has 0 aromatic heterocycles. The second-order valence-corrected chi connectivity index (χ2v) is 7.62. The van der Waals surface area contributed by atoms with Crippen molar-refractivity contribution in [2.75, 3.05) is 0 Å². The van der Waals surface area contributed by atoms with Crippen molar-refractivity contribution in [2.45, 2.75) is 44.8 Å². The second kappa shape index (κ2) is 11.1.